The lowest BCUT2D eigenvalue weighted by Gasteiger charge is -2.32. The fourth-order valence-electron chi connectivity index (χ4n) is 3.22. The van der Waals surface area contributed by atoms with Crippen molar-refractivity contribution in [3.63, 3.8) is 0 Å². The zero-order chi connectivity index (χ0) is 17.7. The van der Waals surface area contributed by atoms with Crippen molar-refractivity contribution in [1.82, 2.24) is 4.90 Å². The van der Waals surface area contributed by atoms with Crippen LogP contribution in [-0.2, 0) is 9.31 Å². The van der Waals surface area contributed by atoms with Crippen molar-refractivity contribution in [2.45, 2.75) is 64.7 Å². The van der Waals surface area contributed by atoms with Crippen LogP contribution in [0, 0.1) is 5.82 Å². The molecule has 1 amide bonds. The third kappa shape index (κ3) is 2.86. The number of carbonyl (C=O) groups excluding carboxylic acids is 1. The van der Waals surface area contributed by atoms with Gasteiger partial charge in [0.2, 0.25) is 0 Å². The Morgan fingerprint density at radius 1 is 1.25 bits per heavy atom. The van der Waals surface area contributed by atoms with Crippen LogP contribution in [0.4, 0.5) is 4.39 Å². The Balaban J connectivity index is 1.82. The van der Waals surface area contributed by atoms with Crippen molar-refractivity contribution in [2.75, 3.05) is 6.54 Å². The number of hydrogen-bond acceptors (Lipinski definition) is 3. The first-order chi connectivity index (χ1) is 11.1. The highest BCUT2D eigenvalue weighted by Crippen LogP contribution is 2.36. The number of carbonyl (C=O) groups is 1. The second kappa shape index (κ2) is 5.85. The van der Waals surface area contributed by atoms with Crippen LogP contribution >= 0.6 is 0 Å². The Hall–Kier alpha value is -1.40. The second-order valence-electron chi connectivity index (χ2n) is 7.81. The van der Waals surface area contributed by atoms with Crippen LogP contribution in [0.15, 0.2) is 18.2 Å². The van der Waals surface area contributed by atoms with Gasteiger partial charge in [-0.3, -0.25) is 4.79 Å². The average molecular weight is 333 g/mol. The van der Waals surface area contributed by atoms with Gasteiger partial charge < -0.3 is 14.2 Å². The standard InChI is InChI=1S/C18H25BFNO3/c1-12-7-6-10-21(12)16(22)13-8-9-14(15(20)11-13)19-23-17(2,3)18(4,5)24-19/h8-9,11-12H,6-7,10H2,1-5H3/t12-/m1/s1. The van der Waals surface area contributed by atoms with Crippen molar-refractivity contribution >= 4 is 18.5 Å². The normalized spacial score (nSPS) is 25.3. The molecule has 0 spiro atoms. The molecule has 0 aliphatic carbocycles. The number of nitrogens with zero attached hydrogens (tertiary/aromatic N) is 1. The van der Waals surface area contributed by atoms with Crippen molar-refractivity contribution in [3.05, 3.63) is 29.6 Å². The van der Waals surface area contributed by atoms with Gasteiger partial charge in [0.1, 0.15) is 5.82 Å². The predicted molar refractivity (Wildman–Crippen MR) is 91.8 cm³/mol. The number of rotatable bonds is 2. The molecule has 0 aromatic heterocycles. The number of hydrogen-bond donors (Lipinski definition) is 0. The van der Waals surface area contributed by atoms with Gasteiger partial charge >= 0.3 is 7.12 Å². The summed E-state index contributed by atoms with van der Waals surface area (Å²) in [6.45, 7) is 10.5. The SMILES string of the molecule is C[C@@H]1CCCN1C(=O)c1ccc(B2OC(C)(C)C(C)(C)O2)c(F)c1. The smallest absolute Gasteiger partial charge is 0.399 e. The van der Waals surface area contributed by atoms with E-state index in [9.17, 15) is 9.18 Å². The van der Waals surface area contributed by atoms with Crippen molar-refractivity contribution in [3.8, 4) is 0 Å². The molecule has 130 valence electrons. The third-order valence-corrected chi connectivity index (χ3v) is 5.57. The molecule has 2 heterocycles. The van der Waals surface area contributed by atoms with Gasteiger partial charge in [0, 0.05) is 23.6 Å². The predicted octanol–water partition coefficient (Wildman–Crippen LogP) is 2.75. The molecule has 0 N–H and O–H groups in total. The number of halogens is 1. The summed E-state index contributed by atoms with van der Waals surface area (Å²) >= 11 is 0. The summed E-state index contributed by atoms with van der Waals surface area (Å²) < 4.78 is 26.4. The fourth-order valence-corrected chi connectivity index (χ4v) is 3.22. The van der Waals surface area contributed by atoms with Gasteiger partial charge in [-0.25, -0.2) is 4.39 Å². The molecule has 0 saturated carbocycles. The third-order valence-electron chi connectivity index (χ3n) is 5.57. The fraction of sp³-hybridized carbons (Fsp3) is 0.611. The molecule has 2 saturated heterocycles. The van der Waals surface area contributed by atoms with Crippen LogP contribution in [0.2, 0.25) is 0 Å². The van der Waals surface area contributed by atoms with Gasteiger partial charge in [-0.05, 0) is 59.6 Å². The van der Waals surface area contributed by atoms with Crippen LogP contribution in [0.3, 0.4) is 0 Å². The van der Waals surface area contributed by atoms with E-state index in [-0.39, 0.29) is 11.9 Å². The molecule has 6 heteroatoms. The lowest BCUT2D eigenvalue weighted by atomic mass is 9.78. The van der Waals surface area contributed by atoms with E-state index in [0.29, 0.717) is 11.0 Å². The van der Waals surface area contributed by atoms with Crippen LogP contribution in [0.1, 0.15) is 57.8 Å². The largest absolute Gasteiger partial charge is 0.497 e. The molecule has 1 atom stereocenters. The van der Waals surface area contributed by atoms with E-state index < -0.39 is 24.1 Å². The van der Waals surface area contributed by atoms with Gasteiger partial charge in [0.15, 0.2) is 0 Å². The molecule has 2 aliphatic rings. The van der Waals surface area contributed by atoms with Gasteiger partial charge in [0.25, 0.3) is 5.91 Å². The first-order valence-electron chi connectivity index (χ1n) is 8.58. The minimum absolute atomic E-state index is 0.112. The lowest BCUT2D eigenvalue weighted by molar-refractivity contribution is 0.00578. The molecule has 1 aromatic carbocycles. The molecule has 24 heavy (non-hydrogen) atoms. The highest BCUT2D eigenvalue weighted by Gasteiger charge is 2.52. The van der Waals surface area contributed by atoms with Crippen molar-refractivity contribution in [1.29, 1.82) is 0 Å². The van der Waals surface area contributed by atoms with Crippen LogP contribution in [-0.4, -0.2) is 41.7 Å². The second-order valence-corrected chi connectivity index (χ2v) is 7.81. The molecule has 0 bridgehead atoms. The van der Waals surface area contributed by atoms with E-state index in [1.54, 1.807) is 12.1 Å². The molecule has 2 aliphatic heterocycles. The summed E-state index contributed by atoms with van der Waals surface area (Å²) in [5, 5.41) is 0. The van der Waals surface area contributed by atoms with Gasteiger partial charge in [0.05, 0.1) is 11.2 Å². The molecular weight excluding hydrogens is 308 g/mol. The van der Waals surface area contributed by atoms with E-state index in [0.717, 1.165) is 19.4 Å². The average Bonchev–Trinajstić information content (AvgIpc) is 2.99. The van der Waals surface area contributed by atoms with E-state index in [1.165, 1.54) is 6.07 Å². The number of amides is 1. The highest BCUT2D eigenvalue weighted by atomic mass is 19.1. The monoisotopic (exact) mass is 333 g/mol. The Kier molecular flexibility index (Phi) is 4.25. The zero-order valence-electron chi connectivity index (χ0n) is 15.1. The highest BCUT2D eigenvalue weighted by molar-refractivity contribution is 6.62. The molecular formula is C18H25BFNO3. The van der Waals surface area contributed by atoms with Crippen LogP contribution in [0.5, 0.6) is 0 Å². The molecule has 4 nitrogen and oxygen atoms in total. The van der Waals surface area contributed by atoms with Gasteiger partial charge in [-0.2, -0.15) is 0 Å². The van der Waals surface area contributed by atoms with E-state index in [1.807, 2.05) is 39.5 Å². The van der Waals surface area contributed by atoms with Crippen molar-refractivity contribution in [2.24, 2.45) is 0 Å². The molecule has 0 unspecified atom stereocenters. The molecule has 1 aromatic rings. The Bertz CT molecular complexity index is 646. The number of benzene rings is 1. The lowest BCUT2D eigenvalue weighted by Crippen LogP contribution is -2.41. The summed E-state index contributed by atoms with van der Waals surface area (Å²) in [6.07, 6.45) is 2.00. The molecule has 3 rings (SSSR count). The molecule has 0 radical (unpaired) electrons. The maximum absolute atomic E-state index is 14.6. The van der Waals surface area contributed by atoms with Crippen LogP contribution < -0.4 is 5.46 Å². The van der Waals surface area contributed by atoms with Crippen LogP contribution in [0.25, 0.3) is 0 Å². The summed E-state index contributed by atoms with van der Waals surface area (Å²) in [7, 11) is -0.759. The maximum atomic E-state index is 14.6. The summed E-state index contributed by atoms with van der Waals surface area (Å²) in [5.74, 6) is -0.578. The number of likely N-dealkylation sites (tertiary alicyclic amines) is 1. The first kappa shape index (κ1) is 17.4. The summed E-state index contributed by atoms with van der Waals surface area (Å²) in [6, 6.07) is 4.78. The maximum Gasteiger partial charge on any atom is 0.497 e. The van der Waals surface area contributed by atoms with Gasteiger partial charge in [-0.15, -0.1) is 0 Å². The summed E-state index contributed by atoms with van der Waals surface area (Å²) in [5.41, 5.74) is -0.339. The van der Waals surface area contributed by atoms with Crippen molar-refractivity contribution < 1.29 is 18.5 Å². The minimum atomic E-state index is -0.759. The Labute approximate surface area is 143 Å². The van der Waals surface area contributed by atoms with E-state index in [2.05, 4.69) is 0 Å². The van der Waals surface area contributed by atoms with E-state index in [4.69, 9.17) is 9.31 Å². The van der Waals surface area contributed by atoms with E-state index >= 15 is 0 Å². The Morgan fingerprint density at radius 2 is 1.88 bits per heavy atom. The zero-order valence-corrected chi connectivity index (χ0v) is 15.1. The Morgan fingerprint density at radius 3 is 2.38 bits per heavy atom. The quantitative estimate of drug-likeness (QED) is 0.781. The first-order valence-corrected chi connectivity index (χ1v) is 8.58. The summed E-state index contributed by atoms with van der Waals surface area (Å²) in [4.78, 5) is 14.4. The topological polar surface area (TPSA) is 38.8 Å². The minimum Gasteiger partial charge on any atom is -0.399 e. The van der Waals surface area contributed by atoms with Gasteiger partial charge in [-0.1, -0.05) is 6.07 Å². The molecule has 2 fully saturated rings.